The predicted octanol–water partition coefficient (Wildman–Crippen LogP) is 3.12. The molecule has 1 aliphatic heterocycles. The van der Waals surface area contributed by atoms with Crippen molar-refractivity contribution in [2.75, 3.05) is 33.9 Å². The third-order valence-corrected chi connectivity index (χ3v) is 7.09. The third-order valence-electron chi connectivity index (χ3n) is 5.50. The zero-order valence-corrected chi connectivity index (χ0v) is 18.2. The van der Waals surface area contributed by atoms with Crippen LogP contribution in [0.2, 0.25) is 0 Å². The average Bonchev–Trinajstić information content (AvgIpc) is 3.39. The summed E-state index contributed by atoms with van der Waals surface area (Å²) in [6.45, 7) is 3.54. The molecule has 0 spiro atoms. The number of rotatable bonds is 8. The minimum absolute atomic E-state index is 0.115. The lowest BCUT2D eigenvalue weighted by atomic mass is 10.2. The minimum Gasteiger partial charge on any atom is -0.497 e. The summed E-state index contributed by atoms with van der Waals surface area (Å²) in [5, 5.41) is 0.115. The molecule has 0 bridgehead atoms. The summed E-state index contributed by atoms with van der Waals surface area (Å²) in [6, 6.07) is 12.7. The number of sulfone groups is 1. The maximum Gasteiger partial charge on any atom is 0.229 e. The van der Waals surface area contributed by atoms with Gasteiger partial charge in [0.05, 0.1) is 31.0 Å². The number of likely N-dealkylation sites (tertiary alicyclic amines) is 1. The maximum absolute atomic E-state index is 13.4. The van der Waals surface area contributed by atoms with Gasteiger partial charge in [0.2, 0.25) is 15.0 Å². The SMILES string of the molecule is COc1cc(CS(=O)(=O)c2nc3ccccc3n2CCN2CCCC2)cc(OC)c1. The summed E-state index contributed by atoms with van der Waals surface area (Å²) < 4.78 is 39.2. The lowest BCUT2D eigenvalue weighted by Gasteiger charge is -2.17. The lowest BCUT2D eigenvalue weighted by Crippen LogP contribution is -2.25. The van der Waals surface area contributed by atoms with E-state index in [0.717, 1.165) is 25.2 Å². The number of benzene rings is 2. The molecule has 4 rings (SSSR count). The molecule has 160 valence electrons. The molecule has 7 nitrogen and oxygen atoms in total. The van der Waals surface area contributed by atoms with E-state index in [0.29, 0.717) is 29.1 Å². The van der Waals surface area contributed by atoms with E-state index in [9.17, 15) is 8.42 Å². The first-order chi connectivity index (χ1) is 14.5. The molecule has 0 aliphatic carbocycles. The molecule has 0 saturated carbocycles. The predicted molar refractivity (Wildman–Crippen MR) is 116 cm³/mol. The number of methoxy groups -OCH3 is 2. The highest BCUT2D eigenvalue weighted by molar-refractivity contribution is 7.90. The Hall–Kier alpha value is -2.58. The molecule has 0 radical (unpaired) electrons. The molecule has 1 aromatic heterocycles. The highest BCUT2D eigenvalue weighted by atomic mass is 32.2. The number of hydrogen-bond acceptors (Lipinski definition) is 6. The lowest BCUT2D eigenvalue weighted by molar-refractivity contribution is 0.319. The third kappa shape index (κ3) is 4.29. The summed E-state index contributed by atoms with van der Waals surface area (Å²) >= 11 is 0. The molecular weight excluding hydrogens is 402 g/mol. The van der Waals surface area contributed by atoms with Gasteiger partial charge >= 0.3 is 0 Å². The Bertz CT molecular complexity index is 1110. The van der Waals surface area contributed by atoms with Crippen molar-refractivity contribution in [1.29, 1.82) is 0 Å². The van der Waals surface area contributed by atoms with Gasteiger partial charge in [0.15, 0.2) is 0 Å². The normalized spacial score (nSPS) is 15.0. The van der Waals surface area contributed by atoms with Crippen molar-refractivity contribution in [3.8, 4) is 11.5 Å². The smallest absolute Gasteiger partial charge is 0.229 e. The zero-order chi connectivity index (χ0) is 21.1. The number of fused-ring (bicyclic) bond motifs is 1. The van der Waals surface area contributed by atoms with Crippen molar-refractivity contribution in [3.05, 3.63) is 48.0 Å². The van der Waals surface area contributed by atoms with Crippen molar-refractivity contribution in [3.63, 3.8) is 0 Å². The fraction of sp³-hybridized carbons (Fsp3) is 0.409. The van der Waals surface area contributed by atoms with Gasteiger partial charge in [0, 0.05) is 19.2 Å². The largest absolute Gasteiger partial charge is 0.497 e. The van der Waals surface area contributed by atoms with E-state index in [1.807, 2.05) is 28.8 Å². The van der Waals surface area contributed by atoms with Gasteiger partial charge in [0.1, 0.15) is 11.5 Å². The van der Waals surface area contributed by atoms with E-state index in [4.69, 9.17) is 9.47 Å². The van der Waals surface area contributed by atoms with Crippen LogP contribution in [0.5, 0.6) is 11.5 Å². The molecule has 2 heterocycles. The Kier molecular flexibility index (Phi) is 5.97. The van der Waals surface area contributed by atoms with E-state index in [-0.39, 0.29) is 10.9 Å². The van der Waals surface area contributed by atoms with Crippen LogP contribution in [0.3, 0.4) is 0 Å². The molecule has 1 aliphatic rings. The number of para-hydroxylation sites is 2. The second-order valence-electron chi connectivity index (χ2n) is 7.56. The fourth-order valence-electron chi connectivity index (χ4n) is 3.99. The highest BCUT2D eigenvalue weighted by Crippen LogP contribution is 2.27. The van der Waals surface area contributed by atoms with E-state index < -0.39 is 9.84 Å². The van der Waals surface area contributed by atoms with Gasteiger partial charge in [-0.3, -0.25) is 0 Å². The van der Waals surface area contributed by atoms with Gasteiger partial charge < -0.3 is 18.9 Å². The van der Waals surface area contributed by atoms with Crippen LogP contribution in [0.15, 0.2) is 47.6 Å². The van der Waals surface area contributed by atoms with Crippen molar-refractivity contribution < 1.29 is 17.9 Å². The van der Waals surface area contributed by atoms with E-state index >= 15 is 0 Å². The highest BCUT2D eigenvalue weighted by Gasteiger charge is 2.25. The van der Waals surface area contributed by atoms with E-state index in [1.165, 1.54) is 12.8 Å². The molecule has 30 heavy (non-hydrogen) atoms. The van der Waals surface area contributed by atoms with Gasteiger partial charge in [-0.1, -0.05) is 12.1 Å². The van der Waals surface area contributed by atoms with Gasteiger partial charge in [0.25, 0.3) is 0 Å². The summed E-state index contributed by atoms with van der Waals surface area (Å²) in [7, 11) is -0.586. The second kappa shape index (κ2) is 8.65. The molecule has 0 atom stereocenters. The zero-order valence-electron chi connectivity index (χ0n) is 17.4. The topological polar surface area (TPSA) is 73.7 Å². The molecule has 0 amide bonds. The van der Waals surface area contributed by atoms with Gasteiger partial charge in [-0.25, -0.2) is 13.4 Å². The molecule has 8 heteroatoms. The van der Waals surface area contributed by atoms with Gasteiger partial charge in [-0.15, -0.1) is 0 Å². The van der Waals surface area contributed by atoms with Crippen LogP contribution < -0.4 is 9.47 Å². The second-order valence-corrected chi connectivity index (χ2v) is 9.45. The first-order valence-electron chi connectivity index (χ1n) is 10.1. The van der Waals surface area contributed by atoms with Crippen LogP contribution in [-0.2, 0) is 22.1 Å². The summed E-state index contributed by atoms with van der Waals surface area (Å²) in [4.78, 5) is 6.88. The summed E-state index contributed by atoms with van der Waals surface area (Å²) in [6.07, 6.45) is 2.40. The quantitative estimate of drug-likeness (QED) is 0.548. The molecule has 2 aromatic carbocycles. The first kappa shape index (κ1) is 20.7. The number of nitrogens with zero attached hydrogens (tertiary/aromatic N) is 3. The summed E-state index contributed by atoms with van der Waals surface area (Å²) in [5.74, 6) is 0.942. The minimum atomic E-state index is -3.68. The van der Waals surface area contributed by atoms with E-state index in [2.05, 4.69) is 9.88 Å². The number of aromatic nitrogens is 2. The Morgan fingerprint density at radius 2 is 1.63 bits per heavy atom. The van der Waals surface area contributed by atoms with Crippen molar-refractivity contribution in [1.82, 2.24) is 14.5 Å². The van der Waals surface area contributed by atoms with Crippen LogP contribution >= 0.6 is 0 Å². The van der Waals surface area contributed by atoms with Crippen LogP contribution in [0, 0.1) is 0 Å². The van der Waals surface area contributed by atoms with Gasteiger partial charge in [-0.05, 0) is 55.8 Å². The standard InChI is InChI=1S/C22H27N3O4S/c1-28-18-13-17(14-19(15-18)29-2)16-30(26,27)22-23-20-7-3-4-8-21(20)25(22)12-11-24-9-5-6-10-24/h3-4,7-8,13-15H,5-6,9-12,16H2,1-2H3. The molecule has 0 N–H and O–H groups in total. The van der Waals surface area contributed by atoms with Crippen molar-refractivity contribution >= 4 is 20.9 Å². The van der Waals surface area contributed by atoms with Crippen LogP contribution in [0.4, 0.5) is 0 Å². The van der Waals surface area contributed by atoms with Crippen LogP contribution in [-0.4, -0.2) is 56.7 Å². The monoisotopic (exact) mass is 429 g/mol. The van der Waals surface area contributed by atoms with Crippen LogP contribution in [0.25, 0.3) is 11.0 Å². The Balaban J connectivity index is 1.69. The maximum atomic E-state index is 13.4. The number of imidazole rings is 1. The number of hydrogen-bond donors (Lipinski definition) is 0. The summed E-state index contributed by atoms with van der Waals surface area (Å²) in [5.41, 5.74) is 2.14. The Morgan fingerprint density at radius 3 is 2.30 bits per heavy atom. The Labute approximate surface area is 177 Å². The van der Waals surface area contributed by atoms with Crippen LogP contribution in [0.1, 0.15) is 18.4 Å². The van der Waals surface area contributed by atoms with Crippen molar-refractivity contribution in [2.24, 2.45) is 0 Å². The Morgan fingerprint density at radius 1 is 0.967 bits per heavy atom. The molecule has 0 unspecified atom stereocenters. The van der Waals surface area contributed by atoms with Crippen molar-refractivity contribution in [2.45, 2.75) is 30.3 Å². The van der Waals surface area contributed by atoms with E-state index in [1.54, 1.807) is 32.4 Å². The molecule has 1 fully saturated rings. The molecule has 3 aromatic rings. The average molecular weight is 430 g/mol. The van der Waals surface area contributed by atoms with Gasteiger partial charge in [-0.2, -0.15) is 0 Å². The fourth-order valence-corrected chi connectivity index (χ4v) is 5.49. The number of ether oxygens (including phenoxy) is 2. The molecular formula is C22H27N3O4S. The molecule has 1 saturated heterocycles. The first-order valence-corrected chi connectivity index (χ1v) is 11.8.